The summed E-state index contributed by atoms with van der Waals surface area (Å²) in [6.07, 6.45) is 20.1. The van der Waals surface area contributed by atoms with Crippen molar-refractivity contribution in [1.82, 2.24) is 0 Å². The first-order chi connectivity index (χ1) is 12.0. The second-order valence-electron chi connectivity index (χ2n) is 8.48. The van der Waals surface area contributed by atoms with Gasteiger partial charge in [-0.25, -0.2) is 0 Å². The first-order valence-corrected chi connectivity index (χ1v) is 11.0. The Hall–Kier alpha value is -0.570. The first kappa shape index (κ1) is 24.4. The summed E-state index contributed by atoms with van der Waals surface area (Å²) in [5.41, 5.74) is 0. The van der Waals surface area contributed by atoms with Gasteiger partial charge in [0.2, 0.25) is 0 Å². The lowest BCUT2D eigenvalue weighted by atomic mass is 10.1. The lowest BCUT2D eigenvalue weighted by Gasteiger charge is -2.30. The van der Waals surface area contributed by atoms with Gasteiger partial charge in [0, 0.05) is 6.42 Å². The molecular weight excluding hydrogens is 310 g/mol. The maximum atomic E-state index is 10.5. The van der Waals surface area contributed by atoms with E-state index in [1.807, 2.05) is 0 Å². The van der Waals surface area contributed by atoms with Gasteiger partial charge in [-0.15, -0.1) is 0 Å². The number of carboxylic acids is 1. The van der Waals surface area contributed by atoms with E-state index in [-0.39, 0.29) is 0 Å². The topological polar surface area (TPSA) is 37.3 Å². The predicted molar refractivity (Wildman–Crippen MR) is 109 cm³/mol. The Morgan fingerprint density at radius 2 is 1.00 bits per heavy atom. The highest BCUT2D eigenvalue weighted by Crippen LogP contribution is 2.13. The summed E-state index contributed by atoms with van der Waals surface area (Å²) in [6.45, 7) is 4.84. The van der Waals surface area contributed by atoms with Crippen LogP contribution in [-0.4, -0.2) is 42.7 Å². The molecule has 0 saturated heterocycles. The highest BCUT2D eigenvalue weighted by molar-refractivity contribution is 5.66. The molecule has 0 aromatic carbocycles. The minimum atomic E-state index is -0.658. The number of carboxylic acid groups (broad SMARTS) is 1. The van der Waals surface area contributed by atoms with Crippen LogP contribution in [0.4, 0.5) is 0 Å². The van der Waals surface area contributed by atoms with Crippen LogP contribution in [0.3, 0.4) is 0 Å². The quantitative estimate of drug-likeness (QED) is 0.214. The molecule has 0 fully saturated rings. The second-order valence-corrected chi connectivity index (χ2v) is 8.48. The number of nitrogens with zero attached hydrogens (tertiary/aromatic N) is 1. The van der Waals surface area contributed by atoms with Crippen LogP contribution in [0.2, 0.25) is 0 Å². The third-order valence-electron chi connectivity index (χ3n) is 5.27. The smallest absolute Gasteiger partial charge is 0.303 e. The molecule has 0 spiro atoms. The minimum absolute atomic E-state index is 0.334. The molecule has 150 valence electrons. The van der Waals surface area contributed by atoms with E-state index < -0.39 is 5.97 Å². The molecule has 0 rings (SSSR count). The van der Waals surface area contributed by atoms with Crippen LogP contribution in [0, 0.1) is 0 Å². The van der Waals surface area contributed by atoms with Crippen LogP contribution in [0.5, 0.6) is 0 Å². The molecule has 3 heteroatoms. The number of rotatable bonds is 19. The molecule has 25 heavy (non-hydrogen) atoms. The van der Waals surface area contributed by atoms with Gasteiger partial charge in [0.25, 0.3) is 0 Å². The molecule has 0 aliphatic rings. The van der Waals surface area contributed by atoms with Crippen LogP contribution >= 0.6 is 0 Å². The summed E-state index contributed by atoms with van der Waals surface area (Å²) in [6, 6.07) is 0. The van der Waals surface area contributed by atoms with Crippen molar-refractivity contribution in [1.29, 1.82) is 0 Å². The Morgan fingerprint density at radius 1 is 0.640 bits per heavy atom. The number of unbranched alkanes of at least 4 members (excludes halogenated alkanes) is 13. The van der Waals surface area contributed by atoms with Gasteiger partial charge < -0.3 is 9.59 Å². The maximum absolute atomic E-state index is 10.5. The molecule has 0 saturated carbocycles. The second kappa shape index (κ2) is 16.9. The molecule has 0 aromatic heterocycles. The van der Waals surface area contributed by atoms with E-state index in [0.29, 0.717) is 6.42 Å². The normalized spacial score (nSPS) is 11.8. The molecule has 0 radical (unpaired) electrons. The van der Waals surface area contributed by atoms with Crippen molar-refractivity contribution in [2.24, 2.45) is 0 Å². The number of hydrogen-bond acceptors (Lipinski definition) is 1. The maximum Gasteiger partial charge on any atom is 0.303 e. The van der Waals surface area contributed by atoms with Crippen LogP contribution in [0.15, 0.2) is 0 Å². The van der Waals surface area contributed by atoms with Gasteiger partial charge in [-0.2, -0.15) is 0 Å². The Bertz CT molecular complexity index is 302. The van der Waals surface area contributed by atoms with Gasteiger partial charge >= 0.3 is 5.97 Å². The predicted octanol–water partition coefficient (Wildman–Crippen LogP) is 6.41. The highest BCUT2D eigenvalue weighted by Gasteiger charge is 2.13. The summed E-state index contributed by atoms with van der Waals surface area (Å²) in [5, 5.41) is 8.61. The van der Waals surface area contributed by atoms with E-state index in [4.69, 9.17) is 5.11 Å². The number of hydrogen-bond donors (Lipinski definition) is 1. The lowest BCUT2D eigenvalue weighted by Crippen LogP contribution is -2.41. The average Bonchev–Trinajstić information content (AvgIpc) is 2.55. The Balaban J connectivity index is 3.36. The Kier molecular flexibility index (Phi) is 16.5. The van der Waals surface area contributed by atoms with Crippen molar-refractivity contribution in [3.8, 4) is 0 Å². The zero-order chi connectivity index (χ0) is 18.8. The van der Waals surface area contributed by atoms with Crippen molar-refractivity contribution in [3.05, 3.63) is 0 Å². The Morgan fingerprint density at radius 3 is 1.40 bits per heavy atom. The number of quaternary nitrogens is 1. The fraction of sp³-hybridized carbons (Fsp3) is 0.955. The van der Waals surface area contributed by atoms with Gasteiger partial charge in [-0.05, 0) is 32.1 Å². The van der Waals surface area contributed by atoms with Crippen molar-refractivity contribution in [2.75, 3.05) is 27.2 Å². The van der Waals surface area contributed by atoms with Crippen molar-refractivity contribution >= 4 is 5.97 Å². The molecule has 0 amide bonds. The summed E-state index contributed by atoms with van der Waals surface area (Å²) in [7, 11) is 4.72. The molecule has 3 nitrogen and oxygen atoms in total. The third kappa shape index (κ3) is 19.6. The molecule has 0 bridgehead atoms. The molecule has 0 aliphatic heterocycles. The fourth-order valence-electron chi connectivity index (χ4n) is 3.49. The lowest BCUT2D eigenvalue weighted by molar-refractivity contribution is -0.890. The van der Waals surface area contributed by atoms with Gasteiger partial charge in [0.05, 0.1) is 27.2 Å². The van der Waals surface area contributed by atoms with Gasteiger partial charge in [-0.1, -0.05) is 71.1 Å². The Labute approximate surface area is 157 Å². The van der Waals surface area contributed by atoms with Crippen molar-refractivity contribution in [3.63, 3.8) is 0 Å². The van der Waals surface area contributed by atoms with Crippen molar-refractivity contribution < 1.29 is 14.4 Å². The largest absolute Gasteiger partial charge is 0.481 e. The molecule has 0 unspecified atom stereocenters. The molecular formula is C22H46NO2+. The van der Waals surface area contributed by atoms with E-state index in [2.05, 4.69) is 21.0 Å². The van der Waals surface area contributed by atoms with E-state index >= 15 is 0 Å². The van der Waals surface area contributed by atoms with Crippen LogP contribution < -0.4 is 0 Å². The molecule has 0 heterocycles. The van der Waals surface area contributed by atoms with Crippen LogP contribution in [-0.2, 0) is 4.79 Å². The monoisotopic (exact) mass is 356 g/mol. The first-order valence-electron chi connectivity index (χ1n) is 11.0. The summed E-state index contributed by atoms with van der Waals surface area (Å²) in [5.74, 6) is -0.658. The fourth-order valence-corrected chi connectivity index (χ4v) is 3.49. The highest BCUT2D eigenvalue weighted by atomic mass is 16.4. The average molecular weight is 357 g/mol. The number of aliphatic carboxylic acids is 1. The number of carbonyl (C=O) groups is 1. The summed E-state index contributed by atoms with van der Waals surface area (Å²) in [4.78, 5) is 10.5. The minimum Gasteiger partial charge on any atom is -0.481 e. The zero-order valence-corrected chi connectivity index (χ0v) is 17.5. The standard InChI is InChI=1S/C22H45NO2/c1-4-5-6-7-8-9-10-11-14-17-20-23(2,3)21-18-15-12-13-16-19-22(24)25/h4-21H2,1-3H3/p+1. The third-order valence-corrected chi connectivity index (χ3v) is 5.27. The van der Waals surface area contributed by atoms with E-state index in [1.165, 1.54) is 96.6 Å². The van der Waals surface area contributed by atoms with E-state index in [0.717, 1.165) is 17.3 Å². The van der Waals surface area contributed by atoms with Crippen LogP contribution in [0.25, 0.3) is 0 Å². The molecule has 1 N–H and O–H groups in total. The van der Waals surface area contributed by atoms with Gasteiger partial charge in [0.15, 0.2) is 0 Å². The zero-order valence-electron chi connectivity index (χ0n) is 17.5. The molecule has 0 aromatic rings. The van der Waals surface area contributed by atoms with Gasteiger partial charge in [-0.3, -0.25) is 4.79 Å². The van der Waals surface area contributed by atoms with E-state index in [9.17, 15) is 4.79 Å². The summed E-state index contributed by atoms with van der Waals surface area (Å²) < 4.78 is 1.14. The SMILES string of the molecule is CCCCCCCCCCCC[N+](C)(C)CCCCCCCC(=O)O. The van der Waals surface area contributed by atoms with E-state index in [1.54, 1.807) is 0 Å². The van der Waals surface area contributed by atoms with Crippen molar-refractivity contribution in [2.45, 2.75) is 110 Å². The molecule has 0 atom stereocenters. The molecule has 0 aliphatic carbocycles. The van der Waals surface area contributed by atoms with Crippen LogP contribution in [0.1, 0.15) is 110 Å². The van der Waals surface area contributed by atoms with Gasteiger partial charge in [0.1, 0.15) is 0 Å². The summed E-state index contributed by atoms with van der Waals surface area (Å²) >= 11 is 0.